The van der Waals surface area contributed by atoms with Crippen LogP contribution >= 0.6 is 23.2 Å². The summed E-state index contributed by atoms with van der Waals surface area (Å²) >= 11 is 11.9. The Morgan fingerprint density at radius 3 is 2.52 bits per heavy atom. The van der Waals surface area contributed by atoms with E-state index in [1.807, 2.05) is 6.07 Å². The molecule has 0 aliphatic carbocycles. The lowest BCUT2D eigenvalue weighted by Crippen LogP contribution is -2.32. The van der Waals surface area contributed by atoms with Crippen LogP contribution < -0.4 is 5.32 Å². The van der Waals surface area contributed by atoms with Gasteiger partial charge in [-0.2, -0.15) is 0 Å². The molecule has 3 rings (SSSR count). The number of nitrogens with zero attached hydrogens (tertiary/aromatic N) is 1. The monoisotopic (exact) mass is 466 g/mol. The van der Waals surface area contributed by atoms with Crippen molar-refractivity contribution in [3.8, 4) is 0 Å². The molecule has 0 fully saturated rings. The van der Waals surface area contributed by atoms with Gasteiger partial charge in [-0.15, -0.1) is 0 Å². The Kier molecular flexibility index (Phi) is 8.48. The van der Waals surface area contributed by atoms with Crippen molar-refractivity contribution < 1.29 is 19.1 Å². The molecule has 31 heavy (non-hydrogen) atoms. The van der Waals surface area contributed by atoms with Crippen molar-refractivity contribution in [3.63, 3.8) is 0 Å². The number of aliphatic hydroxyl groups excluding tert-OH is 1. The topological polar surface area (TPSA) is 69.6 Å². The van der Waals surface area contributed by atoms with Crippen molar-refractivity contribution in [2.45, 2.75) is 33.2 Å². The first-order valence-corrected chi connectivity index (χ1v) is 10.2. The van der Waals surface area contributed by atoms with Gasteiger partial charge in [0.15, 0.2) is 5.76 Å². The Morgan fingerprint density at radius 2 is 1.87 bits per heavy atom. The summed E-state index contributed by atoms with van der Waals surface area (Å²) < 4.78 is 13.1. The molecule has 2 N–H and O–H groups in total. The van der Waals surface area contributed by atoms with Crippen LogP contribution in [0.15, 0.2) is 53.8 Å². The third-order valence-corrected chi connectivity index (χ3v) is 5.82. The smallest absolute Gasteiger partial charge is 0.290 e. The minimum Gasteiger partial charge on any atom is -0.503 e. The van der Waals surface area contributed by atoms with E-state index >= 15 is 0 Å². The number of halogens is 3. The molecule has 1 heterocycles. The number of aliphatic hydroxyl groups is 1. The van der Waals surface area contributed by atoms with E-state index in [1.165, 1.54) is 17.0 Å². The summed E-state index contributed by atoms with van der Waals surface area (Å²) in [5.74, 6) is -2.02. The quantitative estimate of drug-likeness (QED) is 0.548. The number of rotatable bonds is 7. The Balaban J connectivity index is 0.00000341. The highest BCUT2D eigenvalue weighted by Gasteiger charge is 2.36. The average Bonchev–Trinajstić information content (AvgIpc) is 3.03. The van der Waals surface area contributed by atoms with E-state index in [4.69, 9.17) is 23.2 Å². The maximum Gasteiger partial charge on any atom is 0.290 e. The average molecular weight is 467 g/mol. The van der Waals surface area contributed by atoms with Gasteiger partial charge in [-0.05, 0) is 55.2 Å². The number of carbonyl (C=O) groups excluding carboxylic acids is 2. The van der Waals surface area contributed by atoms with Gasteiger partial charge in [-0.25, -0.2) is 4.39 Å². The standard InChI is InChI=1S/C22H21Cl2FN2O3.CH4/c1-13(15-5-7-16(25)8-6-15)27-12-17(20(28)22(27)30)21(29)26-10-2-3-14-4-9-18(23)19(24)11-14;/h4-9,11,13,28H,2-3,10,12H2,1H3,(H,26,29);1H4/t13-;/m1./s1. The minimum absolute atomic E-state index is 0. The lowest BCUT2D eigenvalue weighted by atomic mass is 10.1. The maximum atomic E-state index is 13.1. The Bertz CT molecular complexity index is 993. The fraction of sp³-hybridized carbons (Fsp3) is 0.304. The summed E-state index contributed by atoms with van der Waals surface area (Å²) in [4.78, 5) is 26.3. The van der Waals surface area contributed by atoms with Crippen molar-refractivity contribution >= 4 is 35.0 Å². The molecule has 0 spiro atoms. The van der Waals surface area contributed by atoms with E-state index in [-0.39, 0.29) is 25.4 Å². The highest BCUT2D eigenvalue weighted by atomic mass is 35.5. The number of benzene rings is 2. The van der Waals surface area contributed by atoms with Gasteiger partial charge >= 0.3 is 0 Å². The number of nitrogens with one attached hydrogen (secondary N) is 1. The van der Waals surface area contributed by atoms with E-state index < -0.39 is 23.6 Å². The van der Waals surface area contributed by atoms with Gasteiger partial charge in [0.05, 0.1) is 28.2 Å². The zero-order chi connectivity index (χ0) is 21.8. The second kappa shape index (κ2) is 10.6. The van der Waals surface area contributed by atoms with Crippen LogP contribution in [0.4, 0.5) is 4.39 Å². The first kappa shape index (κ1) is 24.7. The summed E-state index contributed by atoms with van der Waals surface area (Å²) in [6.07, 6.45) is 1.34. The second-order valence-electron chi connectivity index (χ2n) is 7.10. The molecule has 0 radical (unpaired) electrons. The van der Waals surface area contributed by atoms with Crippen LogP contribution in [-0.2, 0) is 16.0 Å². The van der Waals surface area contributed by atoms with Gasteiger partial charge in [-0.1, -0.05) is 48.8 Å². The molecule has 1 aliphatic heterocycles. The first-order chi connectivity index (χ1) is 14.3. The zero-order valence-corrected chi connectivity index (χ0v) is 17.8. The van der Waals surface area contributed by atoms with Gasteiger partial charge in [0, 0.05) is 6.54 Å². The summed E-state index contributed by atoms with van der Waals surface area (Å²) in [6.45, 7) is 2.12. The fourth-order valence-electron chi connectivity index (χ4n) is 3.29. The molecule has 2 aromatic rings. The normalized spacial score (nSPS) is 14.5. The predicted molar refractivity (Wildman–Crippen MR) is 121 cm³/mol. The van der Waals surface area contributed by atoms with E-state index in [0.717, 1.165) is 5.56 Å². The van der Waals surface area contributed by atoms with E-state index in [0.29, 0.717) is 35.0 Å². The fourth-order valence-corrected chi connectivity index (χ4v) is 3.61. The SMILES string of the molecule is C.C[C@H](c1ccc(F)cc1)N1CC(C(=O)NCCCc2ccc(Cl)c(Cl)c2)=C(O)C1=O. The highest BCUT2D eigenvalue weighted by Crippen LogP contribution is 2.28. The van der Waals surface area contributed by atoms with Gasteiger partial charge < -0.3 is 15.3 Å². The van der Waals surface area contributed by atoms with Crippen molar-refractivity contribution in [2.24, 2.45) is 0 Å². The molecule has 0 unspecified atom stereocenters. The third-order valence-electron chi connectivity index (χ3n) is 5.08. The zero-order valence-electron chi connectivity index (χ0n) is 16.3. The van der Waals surface area contributed by atoms with Crippen LogP contribution in [0.5, 0.6) is 0 Å². The molecule has 2 aromatic carbocycles. The van der Waals surface area contributed by atoms with Crippen LogP contribution in [-0.4, -0.2) is 34.9 Å². The van der Waals surface area contributed by atoms with Crippen LogP contribution in [0.2, 0.25) is 10.0 Å². The number of carbonyl (C=O) groups is 2. The molecular formula is C23H25Cl2FN2O3. The van der Waals surface area contributed by atoms with Gasteiger partial charge in [0.2, 0.25) is 0 Å². The predicted octanol–water partition coefficient (Wildman–Crippen LogP) is 5.23. The lowest BCUT2D eigenvalue weighted by molar-refractivity contribution is -0.129. The molecule has 0 bridgehead atoms. The molecule has 8 heteroatoms. The van der Waals surface area contributed by atoms with Crippen LogP contribution in [0.25, 0.3) is 0 Å². The summed E-state index contributed by atoms with van der Waals surface area (Å²) in [5, 5.41) is 13.9. The van der Waals surface area contributed by atoms with Crippen LogP contribution in [0.1, 0.15) is 37.9 Å². The van der Waals surface area contributed by atoms with Crippen molar-refractivity contribution in [2.75, 3.05) is 13.1 Å². The molecule has 0 saturated carbocycles. The molecule has 0 saturated heterocycles. The Hall–Kier alpha value is -2.57. The van der Waals surface area contributed by atoms with E-state index in [9.17, 15) is 19.1 Å². The summed E-state index contributed by atoms with van der Waals surface area (Å²) in [6, 6.07) is 10.7. The number of hydrogen-bond acceptors (Lipinski definition) is 3. The van der Waals surface area contributed by atoms with Gasteiger partial charge in [-0.3, -0.25) is 9.59 Å². The molecule has 5 nitrogen and oxygen atoms in total. The Labute approximate surface area is 191 Å². The number of amides is 2. The van der Waals surface area contributed by atoms with E-state index in [1.54, 1.807) is 31.2 Å². The molecule has 1 atom stereocenters. The van der Waals surface area contributed by atoms with Crippen molar-refractivity contribution in [1.82, 2.24) is 10.2 Å². The van der Waals surface area contributed by atoms with Crippen molar-refractivity contribution in [3.05, 3.63) is 80.8 Å². The van der Waals surface area contributed by atoms with Gasteiger partial charge in [0.25, 0.3) is 11.8 Å². The third kappa shape index (κ3) is 5.77. The summed E-state index contributed by atoms with van der Waals surface area (Å²) in [5.41, 5.74) is 1.74. The molecule has 1 aliphatic rings. The maximum absolute atomic E-state index is 13.1. The Morgan fingerprint density at radius 1 is 1.19 bits per heavy atom. The van der Waals surface area contributed by atoms with Crippen molar-refractivity contribution in [1.29, 1.82) is 0 Å². The van der Waals surface area contributed by atoms with Crippen LogP contribution in [0, 0.1) is 5.82 Å². The summed E-state index contributed by atoms with van der Waals surface area (Å²) in [7, 11) is 0. The van der Waals surface area contributed by atoms with Crippen LogP contribution in [0.3, 0.4) is 0 Å². The largest absolute Gasteiger partial charge is 0.503 e. The molecular weight excluding hydrogens is 442 g/mol. The molecule has 2 amide bonds. The molecule has 166 valence electrons. The van der Waals surface area contributed by atoms with E-state index in [2.05, 4.69) is 5.32 Å². The molecule has 0 aromatic heterocycles. The minimum atomic E-state index is -0.618. The second-order valence-corrected chi connectivity index (χ2v) is 7.91. The first-order valence-electron chi connectivity index (χ1n) is 9.48. The number of hydrogen-bond donors (Lipinski definition) is 2. The lowest BCUT2D eigenvalue weighted by Gasteiger charge is -2.24. The highest BCUT2D eigenvalue weighted by molar-refractivity contribution is 6.42. The van der Waals surface area contributed by atoms with Gasteiger partial charge in [0.1, 0.15) is 5.82 Å². The number of aryl methyl sites for hydroxylation is 1.